The Morgan fingerprint density at radius 1 is 1.20 bits per heavy atom. The molecule has 154 valence electrons. The van der Waals surface area contributed by atoms with Crippen LogP contribution >= 0.6 is 0 Å². The normalized spacial score (nSPS) is 11.3. The Morgan fingerprint density at radius 2 is 1.97 bits per heavy atom. The molecule has 1 N–H and O–H groups in total. The van der Waals surface area contributed by atoms with Crippen LogP contribution in [0, 0.1) is 12.7 Å². The van der Waals surface area contributed by atoms with Gasteiger partial charge in [0.25, 0.3) is 11.5 Å². The smallest absolute Gasteiger partial charge is 0.290 e. The zero-order valence-corrected chi connectivity index (χ0v) is 16.6. The molecule has 0 saturated heterocycles. The molecule has 2 aromatic carbocycles. The van der Waals surface area contributed by atoms with E-state index >= 15 is 0 Å². The van der Waals surface area contributed by atoms with Gasteiger partial charge < -0.3 is 19.0 Å². The number of H-pyrrole nitrogens is 1. The molecule has 0 unspecified atom stereocenters. The average Bonchev–Trinajstić information content (AvgIpc) is 3.08. The maximum atomic E-state index is 14.1. The molecule has 1 amide bonds. The van der Waals surface area contributed by atoms with Crippen LogP contribution in [0.3, 0.4) is 0 Å². The number of nitrogens with one attached hydrogen (secondary N) is 1. The van der Waals surface area contributed by atoms with Crippen molar-refractivity contribution in [3.63, 3.8) is 0 Å². The molecule has 2 heterocycles. The number of para-hydroxylation sites is 2. The zero-order chi connectivity index (χ0) is 21.3. The van der Waals surface area contributed by atoms with Gasteiger partial charge in [0, 0.05) is 24.6 Å². The summed E-state index contributed by atoms with van der Waals surface area (Å²) >= 11 is 0. The lowest BCUT2D eigenvalue weighted by Gasteiger charge is -2.21. The Hall–Kier alpha value is -3.52. The molecule has 0 spiro atoms. The summed E-state index contributed by atoms with van der Waals surface area (Å²) in [6, 6.07) is 11.5. The number of rotatable bonds is 6. The summed E-state index contributed by atoms with van der Waals surface area (Å²) < 4.78 is 24.8. The molecule has 0 aliphatic heterocycles. The van der Waals surface area contributed by atoms with Crippen molar-refractivity contribution in [2.75, 3.05) is 20.3 Å². The first-order valence-corrected chi connectivity index (χ1v) is 9.43. The van der Waals surface area contributed by atoms with Crippen molar-refractivity contribution in [2.24, 2.45) is 0 Å². The summed E-state index contributed by atoms with van der Waals surface area (Å²) in [5, 5.41) is 1.02. The highest BCUT2D eigenvalue weighted by atomic mass is 19.1. The number of nitrogens with zero attached hydrogens (tertiary/aromatic N) is 2. The first-order chi connectivity index (χ1) is 14.5. The number of halogens is 1. The minimum Gasteiger partial charge on any atom is -0.448 e. The summed E-state index contributed by atoms with van der Waals surface area (Å²) in [4.78, 5) is 34.2. The van der Waals surface area contributed by atoms with Crippen LogP contribution in [0.1, 0.15) is 21.9 Å². The van der Waals surface area contributed by atoms with E-state index in [0.29, 0.717) is 27.7 Å². The van der Waals surface area contributed by atoms with Gasteiger partial charge in [0.05, 0.1) is 24.1 Å². The van der Waals surface area contributed by atoms with Crippen LogP contribution in [0.15, 0.2) is 51.7 Å². The van der Waals surface area contributed by atoms with Crippen molar-refractivity contribution in [3.8, 4) is 0 Å². The molecule has 8 heteroatoms. The Balaban J connectivity index is 1.71. The number of hydrogen-bond donors (Lipinski definition) is 1. The Morgan fingerprint density at radius 3 is 2.73 bits per heavy atom. The largest absolute Gasteiger partial charge is 0.448 e. The fourth-order valence-corrected chi connectivity index (χ4v) is 3.40. The Labute approximate surface area is 171 Å². The van der Waals surface area contributed by atoms with E-state index in [2.05, 4.69) is 9.97 Å². The van der Waals surface area contributed by atoms with Crippen molar-refractivity contribution in [1.82, 2.24) is 14.9 Å². The van der Waals surface area contributed by atoms with Crippen molar-refractivity contribution >= 4 is 27.8 Å². The lowest BCUT2D eigenvalue weighted by molar-refractivity contribution is 0.0645. The van der Waals surface area contributed by atoms with Gasteiger partial charge in [-0.05, 0) is 25.1 Å². The van der Waals surface area contributed by atoms with Crippen LogP contribution in [0.4, 0.5) is 4.39 Å². The highest BCUT2D eigenvalue weighted by Crippen LogP contribution is 2.28. The van der Waals surface area contributed by atoms with Gasteiger partial charge in [0.15, 0.2) is 17.2 Å². The van der Waals surface area contributed by atoms with Gasteiger partial charge in [0.1, 0.15) is 5.82 Å². The molecule has 4 rings (SSSR count). The van der Waals surface area contributed by atoms with E-state index in [9.17, 15) is 14.0 Å². The van der Waals surface area contributed by atoms with E-state index < -0.39 is 11.7 Å². The molecule has 0 aliphatic carbocycles. The number of aromatic amines is 1. The molecule has 2 aromatic heterocycles. The average molecular weight is 409 g/mol. The van der Waals surface area contributed by atoms with Crippen molar-refractivity contribution in [1.29, 1.82) is 0 Å². The molecule has 0 aliphatic rings. The first-order valence-electron chi connectivity index (χ1n) is 9.43. The summed E-state index contributed by atoms with van der Waals surface area (Å²) in [5.41, 5.74) is 0.855. The number of amides is 1. The number of benzene rings is 2. The third-order valence-electron chi connectivity index (χ3n) is 4.97. The number of aryl methyl sites for hydroxylation is 1. The number of furan rings is 1. The number of methoxy groups -OCH3 is 1. The molecule has 0 saturated carbocycles. The highest BCUT2D eigenvalue weighted by molar-refractivity contribution is 5.99. The number of ether oxygens (including phenoxy) is 1. The summed E-state index contributed by atoms with van der Waals surface area (Å²) in [7, 11) is 1.53. The second-order valence-electron chi connectivity index (χ2n) is 6.92. The van der Waals surface area contributed by atoms with Crippen LogP contribution in [-0.2, 0) is 11.3 Å². The van der Waals surface area contributed by atoms with E-state index in [-0.39, 0.29) is 36.6 Å². The van der Waals surface area contributed by atoms with Crippen molar-refractivity contribution < 1.29 is 18.3 Å². The van der Waals surface area contributed by atoms with Gasteiger partial charge in [-0.25, -0.2) is 9.37 Å². The SMILES string of the molecule is COCCN(Cc1nc2ccccc2c(=O)[nH]1)C(=O)c1oc2c(F)cccc2c1C. The predicted molar refractivity (Wildman–Crippen MR) is 110 cm³/mol. The summed E-state index contributed by atoms with van der Waals surface area (Å²) in [5.74, 6) is -0.577. The van der Waals surface area contributed by atoms with Crippen LogP contribution in [-0.4, -0.2) is 41.0 Å². The number of carbonyl (C=O) groups excluding carboxylic acids is 1. The lowest BCUT2D eigenvalue weighted by atomic mass is 10.1. The first kappa shape index (κ1) is 19.8. The fourth-order valence-electron chi connectivity index (χ4n) is 3.40. The van der Waals surface area contributed by atoms with Gasteiger partial charge in [-0.15, -0.1) is 0 Å². The van der Waals surface area contributed by atoms with E-state index in [4.69, 9.17) is 9.15 Å². The van der Waals surface area contributed by atoms with E-state index in [1.54, 1.807) is 43.3 Å². The summed E-state index contributed by atoms with van der Waals surface area (Å²) in [6.45, 7) is 2.27. The van der Waals surface area contributed by atoms with Crippen LogP contribution in [0.25, 0.3) is 21.9 Å². The summed E-state index contributed by atoms with van der Waals surface area (Å²) in [6.07, 6.45) is 0. The fraction of sp³-hybridized carbons (Fsp3) is 0.227. The van der Waals surface area contributed by atoms with Gasteiger partial charge in [-0.3, -0.25) is 9.59 Å². The van der Waals surface area contributed by atoms with Crippen LogP contribution in [0.5, 0.6) is 0 Å². The molecule has 30 heavy (non-hydrogen) atoms. The molecule has 7 nitrogen and oxygen atoms in total. The second-order valence-corrected chi connectivity index (χ2v) is 6.92. The number of aromatic nitrogens is 2. The molecule has 0 bridgehead atoms. The van der Waals surface area contributed by atoms with Crippen LogP contribution < -0.4 is 5.56 Å². The number of carbonyl (C=O) groups is 1. The maximum Gasteiger partial charge on any atom is 0.290 e. The van der Waals surface area contributed by atoms with Crippen molar-refractivity contribution in [2.45, 2.75) is 13.5 Å². The van der Waals surface area contributed by atoms with Crippen LogP contribution in [0.2, 0.25) is 0 Å². The third-order valence-corrected chi connectivity index (χ3v) is 4.97. The minimum absolute atomic E-state index is 0.0429. The van der Waals surface area contributed by atoms with E-state index in [1.807, 2.05) is 0 Å². The lowest BCUT2D eigenvalue weighted by Crippen LogP contribution is -2.34. The van der Waals surface area contributed by atoms with Gasteiger partial charge >= 0.3 is 0 Å². The maximum absolute atomic E-state index is 14.1. The van der Waals surface area contributed by atoms with Gasteiger partial charge in [-0.1, -0.05) is 24.3 Å². The zero-order valence-electron chi connectivity index (χ0n) is 16.6. The van der Waals surface area contributed by atoms with Gasteiger partial charge in [0.2, 0.25) is 0 Å². The molecule has 0 fully saturated rings. The topological polar surface area (TPSA) is 88.4 Å². The monoisotopic (exact) mass is 409 g/mol. The molecule has 4 aromatic rings. The quantitative estimate of drug-likeness (QED) is 0.527. The van der Waals surface area contributed by atoms with E-state index in [1.165, 1.54) is 18.1 Å². The minimum atomic E-state index is -0.529. The molecular formula is C22H20FN3O4. The Bertz CT molecular complexity index is 1290. The van der Waals surface area contributed by atoms with E-state index in [0.717, 1.165) is 0 Å². The predicted octanol–water partition coefficient (Wildman–Crippen LogP) is 3.41. The highest BCUT2D eigenvalue weighted by Gasteiger charge is 2.25. The second kappa shape index (κ2) is 8.08. The Kier molecular flexibility index (Phi) is 5.33. The number of fused-ring (bicyclic) bond motifs is 2. The standard InChI is InChI=1S/C22H20FN3O4/c1-13-14-7-5-8-16(23)20(14)30-19(13)22(28)26(10-11-29-2)12-18-24-17-9-4-3-6-15(17)21(27)25-18/h3-9H,10-12H2,1-2H3,(H,24,25,27). The third kappa shape index (κ3) is 3.57. The van der Waals surface area contributed by atoms with Gasteiger partial charge in [-0.2, -0.15) is 0 Å². The molecule has 0 atom stereocenters. The molecule has 0 radical (unpaired) electrons. The molecular weight excluding hydrogens is 389 g/mol. The van der Waals surface area contributed by atoms with Crippen molar-refractivity contribution in [3.05, 3.63) is 75.8 Å². The number of hydrogen-bond acceptors (Lipinski definition) is 5.